The summed E-state index contributed by atoms with van der Waals surface area (Å²) in [5, 5.41) is 11.1. The van der Waals surface area contributed by atoms with Crippen molar-refractivity contribution in [3.05, 3.63) is 140 Å². The van der Waals surface area contributed by atoms with Crippen LogP contribution < -0.4 is 4.90 Å². The van der Waals surface area contributed by atoms with Crippen LogP contribution in [-0.4, -0.2) is 28.5 Å². The number of carbonyl (C=O) groups is 4. The van der Waals surface area contributed by atoms with Crippen molar-refractivity contribution in [2.75, 3.05) is 4.90 Å². The fourth-order valence-electron chi connectivity index (χ4n) is 4.62. The predicted octanol–water partition coefficient (Wildman–Crippen LogP) is 5.79. The zero-order valence-electron chi connectivity index (χ0n) is 21.5. The number of fused-ring (bicyclic) bond motifs is 1. The molecule has 4 aromatic carbocycles. The SMILES string of the molecule is Cc1ccc(N2C(=O)c3ccc(C(=O)O[C@H](C(=O)c4ccccc4)c4ccc([N+](=O)[O-])cc4)cc3C2=O)c(C)c1. The molecule has 0 saturated carbocycles. The normalized spacial score (nSPS) is 13.1. The van der Waals surface area contributed by atoms with E-state index in [9.17, 15) is 29.3 Å². The van der Waals surface area contributed by atoms with E-state index in [1.54, 1.807) is 49.4 Å². The highest BCUT2D eigenvalue weighted by Crippen LogP contribution is 2.32. The van der Waals surface area contributed by atoms with Gasteiger partial charge in [0.2, 0.25) is 5.78 Å². The van der Waals surface area contributed by atoms with Crippen molar-refractivity contribution in [3.63, 3.8) is 0 Å². The Bertz CT molecular complexity index is 1700. The van der Waals surface area contributed by atoms with Crippen LogP contribution in [0.15, 0.2) is 91.0 Å². The maximum atomic E-state index is 13.4. The van der Waals surface area contributed by atoms with Crippen molar-refractivity contribution in [2.24, 2.45) is 0 Å². The van der Waals surface area contributed by atoms with E-state index in [4.69, 9.17) is 4.74 Å². The average Bonchev–Trinajstić information content (AvgIpc) is 3.20. The third kappa shape index (κ3) is 4.76. The summed E-state index contributed by atoms with van der Waals surface area (Å²) in [5.41, 5.74) is 2.67. The lowest BCUT2D eigenvalue weighted by atomic mass is 9.99. The lowest BCUT2D eigenvalue weighted by Gasteiger charge is -2.18. The van der Waals surface area contributed by atoms with Crippen LogP contribution in [0.4, 0.5) is 11.4 Å². The Morgan fingerprint density at radius 2 is 1.48 bits per heavy atom. The first-order valence-corrected chi connectivity index (χ1v) is 12.3. The van der Waals surface area contributed by atoms with Crippen LogP contribution in [0.5, 0.6) is 0 Å². The number of carbonyl (C=O) groups excluding carboxylic acids is 4. The van der Waals surface area contributed by atoms with Crippen LogP contribution in [0.2, 0.25) is 0 Å². The van der Waals surface area contributed by atoms with Gasteiger partial charge >= 0.3 is 5.97 Å². The molecule has 1 heterocycles. The summed E-state index contributed by atoms with van der Waals surface area (Å²) >= 11 is 0. The first-order valence-electron chi connectivity index (χ1n) is 12.3. The molecular weight excluding hydrogens is 512 g/mol. The summed E-state index contributed by atoms with van der Waals surface area (Å²) in [6, 6.07) is 22.7. The fourth-order valence-corrected chi connectivity index (χ4v) is 4.62. The molecule has 0 spiro atoms. The summed E-state index contributed by atoms with van der Waals surface area (Å²) in [4.78, 5) is 64.6. The molecular formula is C31H22N2O7. The number of ketones is 1. The highest BCUT2D eigenvalue weighted by molar-refractivity contribution is 6.35. The van der Waals surface area contributed by atoms with Gasteiger partial charge in [-0.1, -0.05) is 48.0 Å². The van der Waals surface area contributed by atoms with Crippen molar-refractivity contribution < 1.29 is 28.8 Å². The van der Waals surface area contributed by atoms with E-state index in [1.165, 1.54) is 42.5 Å². The molecule has 0 bridgehead atoms. The number of anilines is 1. The van der Waals surface area contributed by atoms with Crippen LogP contribution in [0, 0.1) is 24.0 Å². The second-order valence-corrected chi connectivity index (χ2v) is 9.36. The molecule has 0 fully saturated rings. The molecule has 4 aromatic rings. The fraction of sp³-hybridized carbons (Fsp3) is 0.0968. The molecule has 0 unspecified atom stereocenters. The van der Waals surface area contributed by atoms with Crippen LogP contribution in [-0.2, 0) is 4.74 Å². The summed E-state index contributed by atoms with van der Waals surface area (Å²) in [5.74, 6) is -2.51. The van der Waals surface area contributed by atoms with Gasteiger partial charge in [0, 0.05) is 23.3 Å². The molecule has 0 aliphatic carbocycles. The topological polar surface area (TPSA) is 124 Å². The van der Waals surface area contributed by atoms with E-state index in [-0.39, 0.29) is 33.5 Å². The van der Waals surface area contributed by atoms with E-state index in [2.05, 4.69) is 0 Å². The smallest absolute Gasteiger partial charge is 0.339 e. The highest BCUT2D eigenvalue weighted by Gasteiger charge is 2.38. The van der Waals surface area contributed by atoms with Crippen LogP contribution in [0.25, 0.3) is 0 Å². The van der Waals surface area contributed by atoms with Gasteiger partial charge in [-0.25, -0.2) is 9.69 Å². The quantitative estimate of drug-likeness (QED) is 0.0966. The molecule has 40 heavy (non-hydrogen) atoms. The number of hydrogen-bond donors (Lipinski definition) is 0. The molecule has 198 valence electrons. The molecule has 9 heteroatoms. The summed E-state index contributed by atoms with van der Waals surface area (Å²) in [6.07, 6.45) is -1.41. The molecule has 1 aliphatic rings. The molecule has 0 radical (unpaired) electrons. The number of amides is 2. The van der Waals surface area contributed by atoms with E-state index >= 15 is 0 Å². The number of non-ortho nitro benzene ring substituents is 1. The third-order valence-electron chi connectivity index (χ3n) is 6.64. The first-order chi connectivity index (χ1) is 19.2. The lowest BCUT2D eigenvalue weighted by molar-refractivity contribution is -0.384. The highest BCUT2D eigenvalue weighted by atomic mass is 16.6. The molecule has 5 rings (SSSR count). The van der Waals surface area contributed by atoms with Gasteiger partial charge in [0.05, 0.1) is 27.3 Å². The Morgan fingerprint density at radius 1 is 0.800 bits per heavy atom. The van der Waals surface area contributed by atoms with E-state index in [1.807, 2.05) is 13.0 Å². The number of rotatable bonds is 7. The molecule has 0 saturated heterocycles. The predicted molar refractivity (Wildman–Crippen MR) is 146 cm³/mol. The largest absolute Gasteiger partial charge is 0.445 e. The van der Waals surface area contributed by atoms with Gasteiger partial charge in [0.1, 0.15) is 0 Å². The minimum atomic E-state index is -1.41. The van der Waals surface area contributed by atoms with Gasteiger partial charge in [0.25, 0.3) is 17.5 Å². The van der Waals surface area contributed by atoms with Gasteiger partial charge in [-0.05, 0) is 55.8 Å². The Hall–Kier alpha value is -5.44. The van der Waals surface area contributed by atoms with Crippen molar-refractivity contribution in [1.82, 2.24) is 0 Å². The first kappa shape index (κ1) is 26.2. The van der Waals surface area contributed by atoms with Crippen LogP contribution in [0.3, 0.4) is 0 Å². The number of Topliss-reactive ketones (excluding diaryl/α,β-unsaturated/α-hetero) is 1. The van der Waals surface area contributed by atoms with Gasteiger partial charge in [-0.2, -0.15) is 0 Å². The van der Waals surface area contributed by atoms with E-state index in [0.717, 1.165) is 16.0 Å². The molecule has 2 amide bonds. The van der Waals surface area contributed by atoms with E-state index in [0.29, 0.717) is 5.69 Å². The Morgan fingerprint density at radius 3 is 2.12 bits per heavy atom. The number of hydrogen-bond acceptors (Lipinski definition) is 7. The molecule has 9 nitrogen and oxygen atoms in total. The third-order valence-corrected chi connectivity index (χ3v) is 6.64. The Labute approximate surface area is 228 Å². The average molecular weight is 535 g/mol. The van der Waals surface area contributed by atoms with Gasteiger partial charge in [-0.15, -0.1) is 0 Å². The van der Waals surface area contributed by atoms with Crippen LogP contribution >= 0.6 is 0 Å². The monoisotopic (exact) mass is 534 g/mol. The second-order valence-electron chi connectivity index (χ2n) is 9.36. The lowest BCUT2D eigenvalue weighted by Crippen LogP contribution is -2.30. The van der Waals surface area contributed by atoms with Crippen molar-refractivity contribution in [3.8, 4) is 0 Å². The number of aryl methyl sites for hydroxylation is 2. The minimum Gasteiger partial charge on any atom is -0.445 e. The molecule has 1 atom stereocenters. The van der Waals surface area contributed by atoms with Crippen molar-refractivity contribution in [2.45, 2.75) is 20.0 Å². The van der Waals surface area contributed by atoms with Crippen molar-refractivity contribution in [1.29, 1.82) is 0 Å². The number of esters is 1. The zero-order chi connectivity index (χ0) is 28.6. The number of ether oxygens (including phenoxy) is 1. The number of nitrogens with zero attached hydrogens (tertiary/aromatic N) is 2. The summed E-state index contributed by atoms with van der Waals surface area (Å²) in [7, 11) is 0. The summed E-state index contributed by atoms with van der Waals surface area (Å²) < 4.78 is 5.64. The van der Waals surface area contributed by atoms with Gasteiger partial charge in [-0.3, -0.25) is 24.5 Å². The number of benzene rings is 4. The van der Waals surface area contributed by atoms with Crippen LogP contribution in [0.1, 0.15) is 64.2 Å². The van der Waals surface area contributed by atoms with Crippen molar-refractivity contribution >= 4 is 34.9 Å². The van der Waals surface area contributed by atoms with Gasteiger partial charge in [0.15, 0.2) is 6.10 Å². The minimum absolute atomic E-state index is 0.0323. The maximum absolute atomic E-state index is 13.4. The number of nitro groups is 1. The Balaban J connectivity index is 1.46. The van der Waals surface area contributed by atoms with E-state index < -0.39 is 34.6 Å². The second kappa shape index (κ2) is 10.4. The number of imide groups is 1. The number of nitro benzene ring substituents is 1. The summed E-state index contributed by atoms with van der Waals surface area (Å²) in [6.45, 7) is 3.71. The molecule has 0 aromatic heterocycles. The molecule has 0 N–H and O–H groups in total. The standard InChI is InChI=1S/C31H22N2O7/c1-18-8-15-26(19(2)16-18)32-29(35)24-14-11-22(17-25(24)30(32)36)31(37)40-28(27(34)20-6-4-3-5-7-20)21-9-12-23(13-10-21)33(38)39/h3-17,28H,1-2H3/t28-/m0/s1. The Kier molecular flexibility index (Phi) is 6.79. The van der Waals surface area contributed by atoms with Gasteiger partial charge < -0.3 is 4.74 Å². The zero-order valence-corrected chi connectivity index (χ0v) is 21.5. The molecule has 1 aliphatic heterocycles. The maximum Gasteiger partial charge on any atom is 0.339 e.